The van der Waals surface area contributed by atoms with Crippen LogP contribution in [0.25, 0.3) is 44.7 Å². The number of aromatic amines is 2. The van der Waals surface area contributed by atoms with Gasteiger partial charge in [-0.25, -0.2) is 9.97 Å². The van der Waals surface area contributed by atoms with E-state index >= 15 is 0 Å². The number of piperazine rings is 1. The summed E-state index contributed by atoms with van der Waals surface area (Å²) in [7, 11) is 2.18. The number of aromatic nitrogens is 6. The van der Waals surface area contributed by atoms with Crippen LogP contribution in [-0.2, 0) is 0 Å². The number of rotatable bonds is 6. The van der Waals surface area contributed by atoms with Gasteiger partial charge in [-0.3, -0.25) is 10.1 Å². The lowest BCUT2D eigenvalue weighted by atomic mass is 9.87. The highest BCUT2D eigenvalue weighted by molar-refractivity contribution is 5.97. The molecule has 2 aliphatic rings. The summed E-state index contributed by atoms with van der Waals surface area (Å²) in [5.74, 6) is 0.530. The molecule has 7 rings (SSSR count). The van der Waals surface area contributed by atoms with Crippen molar-refractivity contribution < 1.29 is 0 Å². The Bertz CT molecular complexity index is 1670. The molecule has 9 heteroatoms. The molecule has 0 aromatic carbocycles. The summed E-state index contributed by atoms with van der Waals surface area (Å²) in [6.07, 6.45) is 11.9. The van der Waals surface area contributed by atoms with Crippen molar-refractivity contribution in [2.45, 2.75) is 32.1 Å². The van der Waals surface area contributed by atoms with Gasteiger partial charge in [0.2, 0.25) is 0 Å². The van der Waals surface area contributed by atoms with E-state index in [1.54, 1.807) is 0 Å². The molecule has 0 spiro atoms. The van der Waals surface area contributed by atoms with Gasteiger partial charge in [-0.15, -0.1) is 0 Å². The van der Waals surface area contributed by atoms with Crippen molar-refractivity contribution in [1.82, 2.24) is 35.0 Å². The van der Waals surface area contributed by atoms with Crippen LogP contribution in [0.2, 0.25) is 0 Å². The molecule has 2 fully saturated rings. The minimum atomic E-state index is 0.530. The number of allylic oxidation sites excluding steroid dienone is 1. The van der Waals surface area contributed by atoms with Crippen molar-refractivity contribution >= 4 is 33.4 Å². The normalized spacial score (nSPS) is 17.1. The fourth-order valence-corrected chi connectivity index (χ4v) is 6.10. The van der Waals surface area contributed by atoms with Crippen molar-refractivity contribution in [2.24, 2.45) is 5.92 Å². The molecule has 0 unspecified atom stereocenters. The number of fused-ring (bicyclic) bond motifs is 2. The topological polar surface area (TPSA) is 102 Å². The summed E-state index contributed by atoms with van der Waals surface area (Å²) in [5.41, 5.74) is 9.28. The monoisotopic (exact) mass is 533 g/mol. The van der Waals surface area contributed by atoms with Crippen LogP contribution in [0.5, 0.6) is 0 Å². The number of hydrogen-bond donors (Lipinski definition) is 3. The molecular formula is C31H35N9. The van der Waals surface area contributed by atoms with E-state index in [1.165, 1.54) is 37.8 Å². The maximum absolute atomic E-state index is 5.04. The highest BCUT2D eigenvalue weighted by Crippen LogP contribution is 2.34. The van der Waals surface area contributed by atoms with Crippen molar-refractivity contribution in [2.75, 3.05) is 43.4 Å². The minimum Gasteiger partial charge on any atom is -0.368 e. The van der Waals surface area contributed by atoms with E-state index in [9.17, 15) is 0 Å². The molecule has 1 saturated carbocycles. The van der Waals surface area contributed by atoms with Crippen LogP contribution in [0, 0.1) is 5.92 Å². The van der Waals surface area contributed by atoms with Crippen LogP contribution in [0.1, 0.15) is 32.1 Å². The number of hydrogen-bond acceptors (Lipinski definition) is 7. The zero-order valence-electron chi connectivity index (χ0n) is 23.0. The quantitative estimate of drug-likeness (QED) is 0.253. The van der Waals surface area contributed by atoms with Gasteiger partial charge in [-0.1, -0.05) is 25.8 Å². The summed E-state index contributed by atoms with van der Waals surface area (Å²) < 4.78 is 0. The predicted octanol–water partition coefficient (Wildman–Crippen LogP) is 5.82. The molecule has 6 heterocycles. The number of likely N-dealkylation sites (N-methyl/N-ethyl adjacent to an activating group) is 1. The first-order chi connectivity index (χ1) is 19.6. The first-order valence-electron chi connectivity index (χ1n) is 14.3. The summed E-state index contributed by atoms with van der Waals surface area (Å²) >= 11 is 0. The van der Waals surface area contributed by atoms with E-state index in [0.717, 1.165) is 82.3 Å². The van der Waals surface area contributed by atoms with Crippen LogP contribution in [0.4, 0.5) is 11.4 Å². The molecule has 1 aliphatic heterocycles. The summed E-state index contributed by atoms with van der Waals surface area (Å²) in [4.78, 5) is 22.5. The Morgan fingerprint density at radius 3 is 2.73 bits per heavy atom. The fourth-order valence-electron chi connectivity index (χ4n) is 6.10. The van der Waals surface area contributed by atoms with E-state index in [4.69, 9.17) is 4.98 Å². The zero-order valence-corrected chi connectivity index (χ0v) is 23.0. The summed E-state index contributed by atoms with van der Waals surface area (Å²) in [6.45, 7) is 8.44. The molecule has 40 heavy (non-hydrogen) atoms. The van der Waals surface area contributed by atoms with E-state index < -0.39 is 0 Å². The fraction of sp³-hybridized carbons (Fsp3) is 0.355. The highest BCUT2D eigenvalue weighted by atomic mass is 15.2. The Morgan fingerprint density at radius 2 is 1.88 bits per heavy atom. The second-order valence-electron chi connectivity index (χ2n) is 11.2. The van der Waals surface area contributed by atoms with Crippen LogP contribution in [0.15, 0.2) is 61.2 Å². The van der Waals surface area contributed by atoms with Crippen molar-refractivity contribution in [3.05, 3.63) is 61.2 Å². The third kappa shape index (κ3) is 4.70. The minimum absolute atomic E-state index is 0.530. The highest BCUT2D eigenvalue weighted by Gasteiger charge is 2.20. The molecule has 1 aliphatic carbocycles. The third-order valence-electron chi connectivity index (χ3n) is 8.45. The standard InChI is InChI=1S/C31H35N9/c1-20(21-6-4-3-5-7-21)34-23-16-22(18-32-19-23)25-8-9-26-29(35-25)30(38-37-26)27-17-24-28(10-11-33-31(24)36-27)40-14-12-39(2)13-15-40/h8-11,16-19,21,34H,1,3-7,12-15H2,2H3,(H,33,36)(H,37,38). The molecule has 3 N–H and O–H groups in total. The van der Waals surface area contributed by atoms with Crippen molar-refractivity contribution in [3.8, 4) is 22.6 Å². The van der Waals surface area contributed by atoms with Crippen LogP contribution >= 0.6 is 0 Å². The van der Waals surface area contributed by atoms with Crippen molar-refractivity contribution in [3.63, 3.8) is 0 Å². The maximum Gasteiger partial charge on any atom is 0.139 e. The Labute approximate surface area is 233 Å². The van der Waals surface area contributed by atoms with Gasteiger partial charge in [-0.05, 0) is 56.1 Å². The molecule has 9 nitrogen and oxygen atoms in total. The van der Waals surface area contributed by atoms with Gasteiger partial charge in [0.15, 0.2) is 0 Å². The van der Waals surface area contributed by atoms with Gasteiger partial charge in [0.05, 0.1) is 28.8 Å². The maximum atomic E-state index is 5.04. The molecule has 0 radical (unpaired) electrons. The average Bonchev–Trinajstić information content (AvgIpc) is 3.62. The largest absolute Gasteiger partial charge is 0.368 e. The Kier molecular flexibility index (Phi) is 6.43. The molecule has 5 aromatic heterocycles. The first-order valence-corrected chi connectivity index (χ1v) is 14.3. The second kappa shape index (κ2) is 10.4. The molecule has 5 aromatic rings. The molecule has 0 bridgehead atoms. The van der Waals surface area contributed by atoms with Crippen LogP contribution in [-0.4, -0.2) is 68.3 Å². The molecule has 204 valence electrons. The van der Waals surface area contributed by atoms with E-state index in [-0.39, 0.29) is 0 Å². The number of nitrogens with one attached hydrogen (secondary N) is 3. The molecule has 0 amide bonds. The van der Waals surface area contributed by atoms with Crippen LogP contribution < -0.4 is 10.2 Å². The SMILES string of the molecule is C=C(Nc1cncc(-c2ccc3[nH]nc(-c4cc5c(N6CCN(C)CC6)ccnc5[nH]4)c3n2)c1)C1CCCCC1. The number of nitrogens with zero attached hydrogens (tertiary/aromatic N) is 6. The number of pyridine rings is 3. The first kappa shape index (κ1) is 24.8. The number of anilines is 2. The van der Waals surface area contributed by atoms with Gasteiger partial charge >= 0.3 is 0 Å². The molecule has 0 atom stereocenters. The summed E-state index contributed by atoms with van der Waals surface area (Å²) in [6, 6.07) is 10.4. The van der Waals surface area contributed by atoms with Crippen molar-refractivity contribution in [1.29, 1.82) is 0 Å². The van der Waals surface area contributed by atoms with Gasteiger partial charge in [0.1, 0.15) is 16.9 Å². The zero-order chi connectivity index (χ0) is 27.1. The molecular weight excluding hydrogens is 498 g/mol. The van der Waals surface area contributed by atoms with Gasteiger partial charge in [0, 0.05) is 60.9 Å². The van der Waals surface area contributed by atoms with E-state index in [2.05, 4.69) is 72.1 Å². The number of H-pyrrole nitrogens is 2. The second-order valence-corrected chi connectivity index (χ2v) is 11.2. The average molecular weight is 534 g/mol. The van der Waals surface area contributed by atoms with Gasteiger partial charge in [-0.2, -0.15) is 5.10 Å². The Balaban J connectivity index is 1.19. The summed E-state index contributed by atoms with van der Waals surface area (Å²) in [5, 5.41) is 12.4. The Morgan fingerprint density at radius 1 is 1.02 bits per heavy atom. The lowest BCUT2D eigenvalue weighted by Gasteiger charge is -2.34. The smallest absolute Gasteiger partial charge is 0.139 e. The Hall–Kier alpha value is -4.24. The lowest BCUT2D eigenvalue weighted by molar-refractivity contribution is 0.313. The van der Waals surface area contributed by atoms with Gasteiger partial charge < -0.3 is 20.1 Å². The van der Waals surface area contributed by atoms with Gasteiger partial charge in [0.25, 0.3) is 0 Å². The van der Waals surface area contributed by atoms with E-state index in [1.807, 2.05) is 30.7 Å². The third-order valence-corrected chi connectivity index (χ3v) is 8.45. The van der Waals surface area contributed by atoms with E-state index in [0.29, 0.717) is 5.92 Å². The predicted molar refractivity (Wildman–Crippen MR) is 161 cm³/mol. The lowest BCUT2D eigenvalue weighted by Crippen LogP contribution is -2.44. The molecule has 1 saturated heterocycles. The van der Waals surface area contributed by atoms with Crippen LogP contribution in [0.3, 0.4) is 0 Å².